The van der Waals surface area contributed by atoms with Gasteiger partial charge in [-0.2, -0.15) is 0 Å². The van der Waals surface area contributed by atoms with Crippen LogP contribution in [0.15, 0.2) is 12.2 Å². The highest BCUT2D eigenvalue weighted by atomic mass is 16.6. The van der Waals surface area contributed by atoms with Crippen LogP contribution in [0.2, 0.25) is 0 Å². The Balaban J connectivity index is 4.95. The first-order chi connectivity index (χ1) is 13.9. The van der Waals surface area contributed by atoms with Gasteiger partial charge in [-0.15, -0.1) is 0 Å². The Kier molecular flexibility index (Phi) is 16.7. The summed E-state index contributed by atoms with van der Waals surface area (Å²) >= 11 is 0. The summed E-state index contributed by atoms with van der Waals surface area (Å²) in [5.41, 5.74) is 0. The molecular weight excluding hydrogens is 364 g/mol. The van der Waals surface area contributed by atoms with Crippen molar-refractivity contribution in [2.24, 2.45) is 17.8 Å². The number of carbonyl (C=O) groups excluding carboxylic acids is 2. The maximum atomic E-state index is 12.9. The van der Waals surface area contributed by atoms with Gasteiger partial charge < -0.3 is 9.47 Å². The van der Waals surface area contributed by atoms with Gasteiger partial charge in [0, 0.05) is 5.92 Å². The second kappa shape index (κ2) is 17.5. The van der Waals surface area contributed by atoms with Crippen LogP contribution in [0.5, 0.6) is 0 Å². The molecule has 0 aromatic rings. The molecule has 0 heterocycles. The molecule has 170 valence electrons. The minimum atomic E-state index is -0.833. The van der Waals surface area contributed by atoms with Gasteiger partial charge in [-0.05, 0) is 25.7 Å². The Morgan fingerprint density at radius 1 is 0.759 bits per heavy atom. The number of esters is 2. The summed E-state index contributed by atoms with van der Waals surface area (Å²) in [6.07, 6.45) is 14.7. The minimum absolute atomic E-state index is 0.111. The number of carbonyl (C=O) groups is 2. The fraction of sp³-hybridized carbons (Fsp3) is 0.840. The van der Waals surface area contributed by atoms with Crippen molar-refractivity contribution in [3.8, 4) is 0 Å². The van der Waals surface area contributed by atoms with Crippen LogP contribution in [0.4, 0.5) is 0 Å². The fourth-order valence-corrected chi connectivity index (χ4v) is 3.29. The van der Waals surface area contributed by atoms with Crippen molar-refractivity contribution in [3.05, 3.63) is 12.2 Å². The maximum absolute atomic E-state index is 12.9. The zero-order chi connectivity index (χ0) is 22.1. The first-order valence-corrected chi connectivity index (χ1v) is 11.9. The Bertz CT molecular complexity index is 456. The van der Waals surface area contributed by atoms with E-state index in [9.17, 15) is 9.59 Å². The fourth-order valence-electron chi connectivity index (χ4n) is 3.29. The molecule has 0 radical (unpaired) electrons. The van der Waals surface area contributed by atoms with Crippen LogP contribution >= 0.6 is 0 Å². The molecule has 0 saturated heterocycles. The minimum Gasteiger partial charge on any atom is -0.463 e. The van der Waals surface area contributed by atoms with E-state index in [0.29, 0.717) is 5.92 Å². The summed E-state index contributed by atoms with van der Waals surface area (Å²) in [5, 5.41) is 0. The molecule has 0 amide bonds. The van der Waals surface area contributed by atoms with Gasteiger partial charge in [0.1, 0.15) is 0 Å². The highest BCUT2D eigenvalue weighted by molar-refractivity contribution is 5.81. The van der Waals surface area contributed by atoms with E-state index in [1.54, 1.807) is 6.92 Å². The monoisotopic (exact) mass is 410 g/mol. The SMILES string of the molecule is CCCCCCC(C)/C=C\C(CCCCCC)C(=O)OC(C(=O)OCC)C(C)C. The molecule has 4 heteroatoms. The van der Waals surface area contributed by atoms with E-state index < -0.39 is 12.1 Å². The topological polar surface area (TPSA) is 52.6 Å². The molecule has 0 aromatic carbocycles. The lowest BCUT2D eigenvalue weighted by Gasteiger charge is -2.22. The number of ether oxygens (including phenoxy) is 2. The number of rotatable bonds is 17. The van der Waals surface area contributed by atoms with Crippen LogP contribution < -0.4 is 0 Å². The molecule has 0 aliphatic heterocycles. The van der Waals surface area contributed by atoms with Crippen molar-refractivity contribution in [2.45, 2.75) is 112 Å². The van der Waals surface area contributed by atoms with Crippen molar-refractivity contribution in [1.29, 1.82) is 0 Å². The second-order valence-electron chi connectivity index (χ2n) is 8.52. The van der Waals surface area contributed by atoms with Gasteiger partial charge in [-0.25, -0.2) is 4.79 Å². The Morgan fingerprint density at radius 3 is 1.86 bits per heavy atom. The molecule has 0 spiro atoms. The van der Waals surface area contributed by atoms with E-state index in [4.69, 9.17) is 9.47 Å². The molecule has 3 atom stereocenters. The third-order valence-electron chi connectivity index (χ3n) is 5.22. The average molecular weight is 411 g/mol. The van der Waals surface area contributed by atoms with Gasteiger partial charge >= 0.3 is 11.9 Å². The van der Waals surface area contributed by atoms with Crippen molar-refractivity contribution < 1.29 is 19.1 Å². The Hall–Kier alpha value is -1.32. The number of hydrogen-bond donors (Lipinski definition) is 0. The van der Waals surface area contributed by atoms with E-state index in [2.05, 4.69) is 26.8 Å². The van der Waals surface area contributed by atoms with Crippen molar-refractivity contribution in [1.82, 2.24) is 0 Å². The van der Waals surface area contributed by atoms with Gasteiger partial charge in [0.15, 0.2) is 0 Å². The highest BCUT2D eigenvalue weighted by Crippen LogP contribution is 2.20. The summed E-state index contributed by atoms with van der Waals surface area (Å²) in [6, 6.07) is 0. The molecule has 0 aliphatic carbocycles. The van der Waals surface area contributed by atoms with E-state index in [1.165, 1.54) is 32.1 Å². The molecule has 0 bridgehead atoms. The zero-order valence-corrected chi connectivity index (χ0v) is 19.9. The maximum Gasteiger partial charge on any atom is 0.347 e. The van der Waals surface area contributed by atoms with E-state index in [-0.39, 0.29) is 24.4 Å². The largest absolute Gasteiger partial charge is 0.463 e. The first-order valence-electron chi connectivity index (χ1n) is 11.9. The number of unbranched alkanes of at least 4 members (excludes halogenated alkanes) is 6. The summed E-state index contributed by atoms with van der Waals surface area (Å²) in [6.45, 7) is 12.4. The number of allylic oxidation sites excluding steroid dienone is 1. The van der Waals surface area contributed by atoms with Crippen LogP contribution in [-0.4, -0.2) is 24.6 Å². The van der Waals surface area contributed by atoms with Crippen LogP contribution in [0.25, 0.3) is 0 Å². The summed E-state index contributed by atoms with van der Waals surface area (Å²) < 4.78 is 10.7. The molecule has 0 fully saturated rings. The van der Waals surface area contributed by atoms with Gasteiger partial charge in [0.25, 0.3) is 0 Å². The molecule has 0 aliphatic rings. The number of hydrogen-bond acceptors (Lipinski definition) is 4. The predicted molar refractivity (Wildman–Crippen MR) is 121 cm³/mol. The third kappa shape index (κ3) is 13.5. The van der Waals surface area contributed by atoms with Gasteiger partial charge in [-0.3, -0.25) is 4.79 Å². The third-order valence-corrected chi connectivity index (χ3v) is 5.22. The lowest BCUT2D eigenvalue weighted by atomic mass is 9.96. The lowest BCUT2D eigenvalue weighted by Crippen LogP contribution is -2.35. The van der Waals surface area contributed by atoms with Gasteiger partial charge in [0.2, 0.25) is 6.10 Å². The molecule has 29 heavy (non-hydrogen) atoms. The normalized spacial score (nSPS) is 14.7. The Morgan fingerprint density at radius 2 is 1.34 bits per heavy atom. The van der Waals surface area contributed by atoms with Gasteiger partial charge in [-0.1, -0.05) is 98.1 Å². The standard InChI is InChI=1S/C25H46O4/c1-7-10-12-14-16-21(6)18-19-22(17-15-13-11-8-2)24(26)29-23(20(4)5)25(27)28-9-3/h18-23H,7-17H2,1-6H3/b19-18-. The predicted octanol–water partition coefficient (Wildman–Crippen LogP) is 6.87. The van der Waals surface area contributed by atoms with Crippen molar-refractivity contribution in [3.63, 3.8) is 0 Å². The van der Waals surface area contributed by atoms with E-state index in [0.717, 1.165) is 32.1 Å². The van der Waals surface area contributed by atoms with Crippen LogP contribution in [0.3, 0.4) is 0 Å². The summed E-state index contributed by atoms with van der Waals surface area (Å²) in [7, 11) is 0. The Labute approximate surface area is 179 Å². The van der Waals surface area contributed by atoms with Crippen LogP contribution in [0, 0.1) is 17.8 Å². The summed E-state index contributed by atoms with van der Waals surface area (Å²) in [5.74, 6) is -0.707. The van der Waals surface area contributed by atoms with Crippen LogP contribution in [0.1, 0.15) is 106 Å². The molecule has 4 nitrogen and oxygen atoms in total. The van der Waals surface area contributed by atoms with E-state index in [1.807, 2.05) is 19.9 Å². The smallest absolute Gasteiger partial charge is 0.347 e. The molecule has 0 rings (SSSR count). The molecule has 3 unspecified atom stereocenters. The highest BCUT2D eigenvalue weighted by Gasteiger charge is 2.30. The van der Waals surface area contributed by atoms with Crippen molar-refractivity contribution in [2.75, 3.05) is 6.61 Å². The second-order valence-corrected chi connectivity index (χ2v) is 8.52. The molecular formula is C25H46O4. The molecule has 0 saturated carbocycles. The van der Waals surface area contributed by atoms with Gasteiger partial charge in [0.05, 0.1) is 12.5 Å². The molecule has 0 N–H and O–H groups in total. The summed E-state index contributed by atoms with van der Waals surface area (Å²) in [4.78, 5) is 25.0. The lowest BCUT2D eigenvalue weighted by molar-refractivity contribution is -0.172. The van der Waals surface area contributed by atoms with E-state index >= 15 is 0 Å². The van der Waals surface area contributed by atoms with Crippen molar-refractivity contribution >= 4 is 11.9 Å². The average Bonchev–Trinajstić information content (AvgIpc) is 2.68. The first kappa shape index (κ1) is 27.7. The molecule has 0 aromatic heterocycles. The zero-order valence-electron chi connectivity index (χ0n) is 19.9. The quantitative estimate of drug-likeness (QED) is 0.149. The van der Waals surface area contributed by atoms with Crippen LogP contribution in [-0.2, 0) is 19.1 Å².